The quantitative estimate of drug-likeness (QED) is 0.812. The highest BCUT2D eigenvalue weighted by molar-refractivity contribution is 4.84. The van der Waals surface area contributed by atoms with E-state index < -0.39 is 0 Å². The van der Waals surface area contributed by atoms with Crippen LogP contribution in [0.3, 0.4) is 0 Å². The van der Waals surface area contributed by atoms with Crippen LogP contribution in [0.1, 0.15) is 45.4 Å². The van der Waals surface area contributed by atoms with E-state index in [-0.39, 0.29) is 0 Å². The molecule has 1 unspecified atom stereocenters. The molecule has 0 spiro atoms. The van der Waals surface area contributed by atoms with Crippen LogP contribution in [0.5, 0.6) is 0 Å². The number of nitrogens with two attached hydrogens (primary N) is 1. The van der Waals surface area contributed by atoms with Gasteiger partial charge in [-0.25, -0.2) is 0 Å². The first kappa shape index (κ1) is 14.3. The highest BCUT2D eigenvalue weighted by Gasteiger charge is 2.26. The summed E-state index contributed by atoms with van der Waals surface area (Å²) in [7, 11) is 2.28. The molecule has 0 aromatic rings. The number of piperidine rings is 1. The second-order valence-corrected chi connectivity index (χ2v) is 6.31. The van der Waals surface area contributed by atoms with Crippen molar-refractivity contribution in [3.8, 4) is 0 Å². The van der Waals surface area contributed by atoms with Crippen molar-refractivity contribution >= 4 is 0 Å². The molecule has 0 aromatic heterocycles. The molecule has 3 heteroatoms. The lowest BCUT2D eigenvalue weighted by Gasteiger charge is -2.38. The number of likely N-dealkylation sites (tertiary alicyclic amines) is 1. The molecule has 1 atom stereocenters. The van der Waals surface area contributed by atoms with Crippen LogP contribution < -0.4 is 5.73 Å². The third kappa shape index (κ3) is 3.69. The van der Waals surface area contributed by atoms with Gasteiger partial charge >= 0.3 is 0 Å². The first-order valence-corrected chi connectivity index (χ1v) is 7.89. The Morgan fingerprint density at radius 1 is 1.17 bits per heavy atom. The molecular weight excluding hydrogens is 222 g/mol. The first-order valence-electron chi connectivity index (χ1n) is 7.89. The molecule has 0 bridgehead atoms. The van der Waals surface area contributed by atoms with Gasteiger partial charge in [-0.3, -0.25) is 0 Å². The summed E-state index contributed by atoms with van der Waals surface area (Å²) in [6, 6.07) is 1.17. The topological polar surface area (TPSA) is 32.5 Å². The summed E-state index contributed by atoms with van der Waals surface area (Å²) < 4.78 is 0. The summed E-state index contributed by atoms with van der Waals surface area (Å²) >= 11 is 0. The molecule has 0 aromatic carbocycles. The molecule has 2 N–H and O–H groups in total. The van der Waals surface area contributed by atoms with Crippen LogP contribution in [0.2, 0.25) is 0 Å². The van der Waals surface area contributed by atoms with Gasteiger partial charge in [-0.15, -0.1) is 0 Å². The summed E-state index contributed by atoms with van der Waals surface area (Å²) in [5.41, 5.74) is 6.39. The van der Waals surface area contributed by atoms with Gasteiger partial charge in [0.1, 0.15) is 0 Å². The zero-order valence-electron chi connectivity index (χ0n) is 12.3. The van der Waals surface area contributed by atoms with Crippen molar-refractivity contribution in [2.45, 2.75) is 57.5 Å². The summed E-state index contributed by atoms with van der Waals surface area (Å²) in [6.07, 6.45) is 8.17. The molecule has 106 valence electrons. The molecule has 1 saturated heterocycles. The number of rotatable bonds is 5. The zero-order valence-corrected chi connectivity index (χ0v) is 12.3. The van der Waals surface area contributed by atoms with Crippen LogP contribution in [0.15, 0.2) is 0 Å². The first-order chi connectivity index (χ1) is 8.70. The molecule has 2 fully saturated rings. The fraction of sp³-hybridized carbons (Fsp3) is 1.00. The average Bonchev–Trinajstić information content (AvgIpc) is 2.92. The van der Waals surface area contributed by atoms with E-state index in [0.717, 1.165) is 18.5 Å². The van der Waals surface area contributed by atoms with Crippen molar-refractivity contribution in [3.05, 3.63) is 0 Å². The molecule has 18 heavy (non-hydrogen) atoms. The Morgan fingerprint density at radius 2 is 1.78 bits per heavy atom. The molecule has 1 aliphatic carbocycles. The zero-order chi connectivity index (χ0) is 13.0. The van der Waals surface area contributed by atoms with Gasteiger partial charge in [0.25, 0.3) is 0 Å². The third-order valence-corrected chi connectivity index (χ3v) is 5.13. The minimum Gasteiger partial charge on any atom is -0.326 e. The molecule has 3 nitrogen and oxygen atoms in total. The second-order valence-electron chi connectivity index (χ2n) is 6.31. The summed E-state index contributed by atoms with van der Waals surface area (Å²) in [4.78, 5) is 5.09. The van der Waals surface area contributed by atoms with E-state index >= 15 is 0 Å². The van der Waals surface area contributed by atoms with Crippen molar-refractivity contribution in [2.24, 2.45) is 11.7 Å². The Hall–Kier alpha value is -0.120. The smallest absolute Gasteiger partial charge is 0.0196 e. The molecule has 0 radical (unpaired) electrons. The Balaban J connectivity index is 1.72. The number of hydrogen-bond donors (Lipinski definition) is 1. The maximum Gasteiger partial charge on any atom is 0.0196 e. The van der Waals surface area contributed by atoms with Gasteiger partial charge in [0.2, 0.25) is 0 Å². The van der Waals surface area contributed by atoms with E-state index in [1.54, 1.807) is 0 Å². The van der Waals surface area contributed by atoms with E-state index in [1.807, 2.05) is 0 Å². The standard InChI is InChI=1S/C15H31N3/c1-3-18-10-8-14(9-11-18)17(2)12-15(16)13-6-4-5-7-13/h13-15H,3-12,16H2,1-2H3. The van der Waals surface area contributed by atoms with Gasteiger partial charge < -0.3 is 15.5 Å². The van der Waals surface area contributed by atoms with Crippen molar-refractivity contribution < 1.29 is 0 Å². The van der Waals surface area contributed by atoms with Gasteiger partial charge in [-0.1, -0.05) is 19.8 Å². The summed E-state index contributed by atoms with van der Waals surface area (Å²) in [5.74, 6) is 0.795. The Kier molecular flexibility index (Phi) is 5.46. The van der Waals surface area contributed by atoms with Crippen LogP contribution in [0.4, 0.5) is 0 Å². The monoisotopic (exact) mass is 253 g/mol. The predicted octanol–water partition coefficient (Wildman–Crippen LogP) is 1.92. The maximum absolute atomic E-state index is 6.39. The summed E-state index contributed by atoms with van der Waals surface area (Å²) in [6.45, 7) is 7.11. The minimum atomic E-state index is 0.404. The molecule has 1 aliphatic heterocycles. The Bertz CT molecular complexity index is 230. The minimum absolute atomic E-state index is 0.404. The van der Waals surface area contributed by atoms with Crippen LogP contribution in [-0.4, -0.2) is 55.1 Å². The fourth-order valence-corrected chi connectivity index (χ4v) is 3.69. The van der Waals surface area contributed by atoms with Crippen molar-refractivity contribution in [3.63, 3.8) is 0 Å². The molecule has 1 saturated carbocycles. The van der Waals surface area contributed by atoms with Gasteiger partial charge in [-0.2, -0.15) is 0 Å². The maximum atomic E-state index is 6.39. The lowest BCUT2D eigenvalue weighted by Crippen LogP contribution is -2.48. The van der Waals surface area contributed by atoms with Gasteiger partial charge in [0.05, 0.1) is 0 Å². The molecule has 1 heterocycles. The van der Waals surface area contributed by atoms with Crippen LogP contribution in [0, 0.1) is 5.92 Å². The largest absolute Gasteiger partial charge is 0.326 e. The highest BCUT2D eigenvalue weighted by Crippen LogP contribution is 2.27. The normalized spacial score (nSPS) is 26.0. The lowest BCUT2D eigenvalue weighted by molar-refractivity contribution is 0.121. The van der Waals surface area contributed by atoms with E-state index in [0.29, 0.717) is 6.04 Å². The third-order valence-electron chi connectivity index (χ3n) is 5.13. The summed E-state index contributed by atoms with van der Waals surface area (Å²) in [5, 5.41) is 0. The number of likely N-dealkylation sites (N-methyl/N-ethyl adjacent to an activating group) is 1. The molecular formula is C15H31N3. The van der Waals surface area contributed by atoms with E-state index in [9.17, 15) is 0 Å². The lowest BCUT2D eigenvalue weighted by atomic mass is 9.97. The van der Waals surface area contributed by atoms with Crippen LogP contribution >= 0.6 is 0 Å². The van der Waals surface area contributed by atoms with E-state index in [2.05, 4.69) is 23.8 Å². The number of hydrogen-bond acceptors (Lipinski definition) is 3. The Labute approximate surface area is 113 Å². The molecule has 2 aliphatic rings. The fourth-order valence-electron chi connectivity index (χ4n) is 3.69. The van der Waals surface area contributed by atoms with Crippen molar-refractivity contribution in [1.29, 1.82) is 0 Å². The predicted molar refractivity (Wildman–Crippen MR) is 77.7 cm³/mol. The van der Waals surface area contributed by atoms with Gasteiger partial charge in [0.15, 0.2) is 0 Å². The SMILES string of the molecule is CCN1CCC(N(C)CC(N)C2CCCC2)CC1. The molecule has 0 amide bonds. The highest BCUT2D eigenvalue weighted by atomic mass is 15.2. The van der Waals surface area contributed by atoms with E-state index in [4.69, 9.17) is 5.73 Å². The second kappa shape index (κ2) is 6.88. The van der Waals surface area contributed by atoms with Crippen molar-refractivity contribution in [1.82, 2.24) is 9.80 Å². The average molecular weight is 253 g/mol. The van der Waals surface area contributed by atoms with Crippen LogP contribution in [-0.2, 0) is 0 Å². The molecule has 2 rings (SSSR count). The van der Waals surface area contributed by atoms with Crippen LogP contribution in [0.25, 0.3) is 0 Å². The number of nitrogens with zero attached hydrogens (tertiary/aromatic N) is 2. The Morgan fingerprint density at radius 3 is 2.33 bits per heavy atom. The van der Waals surface area contributed by atoms with Crippen molar-refractivity contribution in [2.75, 3.05) is 33.2 Å². The van der Waals surface area contributed by atoms with E-state index in [1.165, 1.54) is 58.2 Å². The van der Waals surface area contributed by atoms with Gasteiger partial charge in [0, 0.05) is 18.6 Å². The van der Waals surface area contributed by atoms with Gasteiger partial charge in [-0.05, 0) is 58.3 Å².